The van der Waals surface area contributed by atoms with Gasteiger partial charge in [0.2, 0.25) is 0 Å². The lowest BCUT2D eigenvalue weighted by molar-refractivity contribution is 0.00433. The lowest BCUT2D eigenvalue weighted by Crippen LogP contribution is -2.45. The number of thioether (sulfide) groups is 1. The summed E-state index contributed by atoms with van der Waals surface area (Å²) in [5, 5.41) is 13.1. The smallest absolute Gasteiger partial charge is 0.263 e. The van der Waals surface area contributed by atoms with Crippen LogP contribution in [0.2, 0.25) is 0 Å². The van der Waals surface area contributed by atoms with Crippen molar-refractivity contribution in [2.75, 3.05) is 36.0 Å². The summed E-state index contributed by atoms with van der Waals surface area (Å²) in [5.74, 6) is 3.29. The summed E-state index contributed by atoms with van der Waals surface area (Å²) in [5.41, 5.74) is 3.42. The number of alkyl halides is 2. The van der Waals surface area contributed by atoms with Crippen molar-refractivity contribution in [3.63, 3.8) is 0 Å². The maximum atomic E-state index is 13.5. The number of amidine groups is 1. The summed E-state index contributed by atoms with van der Waals surface area (Å²) in [7, 11) is 0. The Bertz CT molecular complexity index is 982. The molecule has 8 heteroatoms. The second-order valence-corrected chi connectivity index (χ2v) is 11.8. The predicted octanol–water partition coefficient (Wildman–Crippen LogP) is 6.09. The molecule has 1 aromatic carbocycles. The second-order valence-electron chi connectivity index (χ2n) is 10.6. The highest BCUT2D eigenvalue weighted by atomic mass is 32.2. The standard InChI is InChI=1S/C27H38F2N4OS/c1-18(34-27(2,3)4)32-13-9-23(31-21-10-14-35-15-11-21)22(17-32)26(30)33-12-5-6-19-7-8-20(25(28)29)16-24(19)33/h7-8,16,21,25,30-31H,1,5-6,9-15,17H2,2-4H3. The zero-order valence-electron chi connectivity index (χ0n) is 21.1. The number of halogens is 2. The third-order valence-electron chi connectivity index (χ3n) is 6.76. The van der Waals surface area contributed by atoms with Gasteiger partial charge in [-0.2, -0.15) is 11.8 Å². The average Bonchev–Trinajstić information content (AvgIpc) is 2.82. The van der Waals surface area contributed by atoms with E-state index in [1.165, 1.54) is 6.07 Å². The third-order valence-corrected chi connectivity index (χ3v) is 7.81. The Hall–Kier alpha value is -2.22. The van der Waals surface area contributed by atoms with Crippen molar-refractivity contribution in [2.45, 2.75) is 70.9 Å². The van der Waals surface area contributed by atoms with E-state index in [0.29, 0.717) is 30.9 Å². The number of benzene rings is 1. The molecule has 1 fully saturated rings. The zero-order chi connectivity index (χ0) is 25.2. The Morgan fingerprint density at radius 3 is 2.63 bits per heavy atom. The van der Waals surface area contributed by atoms with Crippen LogP contribution in [0, 0.1) is 5.41 Å². The van der Waals surface area contributed by atoms with E-state index in [1.807, 2.05) is 37.4 Å². The summed E-state index contributed by atoms with van der Waals surface area (Å²) >= 11 is 1.99. The molecule has 192 valence electrons. The van der Waals surface area contributed by atoms with Gasteiger partial charge in [0.05, 0.1) is 6.54 Å². The van der Waals surface area contributed by atoms with Gasteiger partial charge in [-0.3, -0.25) is 5.41 Å². The van der Waals surface area contributed by atoms with Gasteiger partial charge in [-0.25, -0.2) is 8.78 Å². The molecule has 3 heterocycles. The van der Waals surface area contributed by atoms with E-state index in [2.05, 4.69) is 16.8 Å². The molecule has 4 rings (SSSR count). The number of anilines is 1. The van der Waals surface area contributed by atoms with Crippen LogP contribution in [0.5, 0.6) is 0 Å². The van der Waals surface area contributed by atoms with Crippen LogP contribution >= 0.6 is 11.8 Å². The fourth-order valence-electron chi connectivity index (χ4n) is 4.98. The molecular formula is C27H38F2N4OS. The first-order chi connectivity index (χ1) is 16.6. The average molecular weight is 505 g/mol. The number of nitrogens with one attached hydrogen (secondary N) is 2. The maximum absolute atomic E-state index is 13.5. The number of nitrogens with zero attached hydrogens (tertiary/aromatic N) is 2. The molecule has 0 amide bonds. The monoisotopic (exact) mass is 504 g/mol. The molecule has 5 nitrogen and oxygen atoms in total. The van der Waals surface area contributed by atoms with Crippen molar-refractivity contribution in [2.24, 2.45) is 0 Å². The van der Waals surface area contributed by atoms with E-state index in [9.17, 15) is 14.2 Å². The van der Waals surface area contributed by atoms with Crippen LogP contribution in [0.1, 0.15) is 64.0 Å². The van der Waals surface area contributed by atoms with Gasteiger partial charge >= 0.3 is 0 Å². The summed E-state index contributed by atoms with van der Waals surface area (Å²) in [4.78, 5) is 4.02. The van der Waals surface area contributed by atoms with Crippen LogP contribution < -0.4 is 10.2 Å². The van der Waals surface area contributed by atoms with Crippen molar-refractivity contribution >= 4 is 23.3 Å². The first kappa shape index (κ1) is 25.9. The molecule has 0 aromatic heterocycles. The van der Waals surface area contributed by atoms with Crippen molar-refractivity contribution in [1.29, 1.82) is 5.41 Å². The van der Waals surface area contributed by atoms with Crippen LogP contribution in [-0.2, 0) is 11.2 Å². The van der Waals surface area contributed by atoms with Gasteiger partial charge < -0.3 is 19.9 Å². The highest BCUT2D eigenvalue weighted by molar-refractivity contribution is 7.99. The highest BCUT2D eigenvalue weighted by Gasteiger charge is 2.31. The number of hydrogen-bond donors (Lipinski definition) is 2. The van der Waals surface area contributed by atoms with Gasteiger partial charge in [0.25, 0.3) is 6.43 Å². The lowest BCUT2D eigenvalue weighted by Gasteiger charge is -2.40. The lowest BCUT2D eigenvalue weighted by atomic mass is 9.96. The number of rotatable bonds is 6. The zero-order valence-corrected chi connectivity index (χ0v) is 21.9. The maximum Gasteiger partial charge on any atom is 0.263 e. The fourth-order valence-corrected chi connectivity index (χ4v) is 6.09. The molecule has 0 radical (unpaired) electrons. The second kappa shape index (κ2) is 10.8. The van der Waals surface area contributed by atoms with Gasteiger partial charge in [-0.1, -0.05) is 12.1 Å². The minimum atomic E-state index is -2.53. The van der Waals surface area contributed by atoms with E-state index >= 15 is 0 Å². The first-order valence-corrected chi connectivity index (χ1v) is 13.7. The van der Waals surface area contributed by atoms with Gasteiger partial charge in [-0.15, -0.1) is 0 Å². The quantitative estimate of drug-likeness (QED) is 0.279. The Labute approximate surface area is 212 Å². The molecule has 1 saturated heterocycles. The van der Waals surface area contributed by atoms with Crippen LogP contribution in [-0.4, -0.2) is 53.5 Å². The summed E-state index contributed by atoms with van der Waals surface area (Å²) in [6, 6.07) is 5.30. The van der Waals surface area contributed by atoms with E-state index in [4.69, 9.17) is 4.74 Å². The molecule has 3 aliphatic heterocycles. The molecular weight excluding hydrogens is 466 g/mol. The SMILES string of the molecule is C=C(OC(C)(C)C)N1CCC(NC2CCSCC2)=C(C(=N)N2CCCc3ccc(C(F)F)cc32)C1. The minimum Gasteiger partial charge on any atom is -0.474 e. The van der Waals surface area contributed by atoms with Gasteiger partial charge in [0.1, 0.15) is 11.4 Å². The molecule has 3 aliphatic rings. The largest absolute Gasteiger partial charge is 0.474 e. The molecule has 1 aromatic rings. The number of aryl methyl sites for hydroxylation is 1. The van der Waals surface area contributed by atoms with Crippen molar-refractivity contribution in [3.05, 3.63) is 53.1 Å². The number of fused-ring (bicyclic) bond motifs is 1. The van der Waals surface area contributed by atoms with Gasteiger partial charge in [0.15, 0.2) is 5.88 Å². The van der Waals surface area contributed by atoms with Crippen LogP contribution in [0.15, 0.2) is 41.9 Å². The summed E-state index contributed by atoms with van der Waals surface area (Å²) in [6.45, 7) is 12.1. The third kappa shape index (κ3) is 6.32. The van der Waals surface area contributed by atoms with Crippen LogP contribution in [0.4, 0.5) is 14.5 Å². The van der Waals surface area contributed by atoms with Crippen molar-refractivity contribution in [3.8, 4) is 0 Å². The van der Waals surface area contributed by atoms with Crippen molar-refractivity contribution < 1.29 is 13.5 Å². The molecule has 0 bridgehead atoms. The minimum absolute atomic E-state index is 0.00714. The van der Waals surface area contributed by atoms with Crippen LogP contribution in [0.3, 0.4) is 0 Å². The van der Waals surface area contributed by atoms with E-state index in [0.717, 1.165) is 72.7 Å². The van der Waals surface area contributed by atoms with E-state index < -0.39 is 6.43 Å². The highest BCUT2D eigenvalue weighted by Crippen LogP contribution is 2.34. The topological polar surface area (TPSA) is 51.6 Å². The van der Waals surface area contributed by atoms with Gasteiger partial charge in [-0.05, 0) is 76.2 Å². The normalized spacial score (nSPS) is 19.6. The first-order valence-electron chi connectivity index (χ1n) is 12.6. The van der Waals surface area contributed by atoms with Crippen molar-refractivity contribution in [1.82, 2.24) is 10.2 Å². The van der Waals surface area contributed by atoms with E-state index in [-0.39, 0.29) is 11.2 Å². The summed E-state index contributed by atoms with van der Waals surface area (Å²) < 4.78 is 33.0. The van der Waals surface area contributed by atoms with Crippen LogP contribution in [0.25, 0.3) is 0 Å². The Kier molecular flexibility index (Phi) is 7.99. The number of ether oxygens (including phenoxy) is 1. The predicted molar refractivity (Wildman–Crippen MR) is 141 cm³/mol. The number of hydrogen-bond acceptors (Lipinski definition) is 5. The molecule has 35 heavy (non-hydrogen) atoms. The fraction of sp³-hybridized carbons (Fsp3) is 0.593. The summed E-state index contributed by atoms with van der Waals surface area (Å²) in [6.07, 6.45) is 2.20. The Balaban J connectivity index is 1.64. The molecule has 0 atom stereocenters. The Morgan fingerprint density at radius 2 is 1.94 bits per heavy atom. The Morgan fingerprint density at radius 1 is 1.20 bits per heavy atom. The van der Waals surface area contributed by atoms with E-state index in [1.54, 1.807) is 12.1 Å². The molecule has 0 saturated carbocycles. The molecule has 0 aliphatic carbocycles. The molecule has 2 N–H and O–H groups in total. The molecule has 0 spiro atoms. The van der Waals surface area contributed by atoms with Gasteiger partial charge in [0, 0.05) is 48.1 Å². The molecule has 0 unspecified atom stereocenters.